The maximum Gasteiger partial charge on any atom is 0.263 e. The molecule has 0 amide bonds. The van der Waals surface area contributed by atoms with Crippen molar-refractivity contribution in [1.29, 1.82) is 0 Å². The number of hydrogen-bond donors (Lipinski definition) is 2. The molecule has 0 bridgehead atoms. The molecule has 0 fully saturated rings. The van der Waals surface area contributed by atoms with Gasteiger partial charge in [-0.15, -0.1) is 0 Å². The molecule has 210 valence electrons. The van der Waals surface area contributed by atoms with Crippen molar-refractivity contribution >= 4 is 52.5 Å². The van der Waals surface area contributed by atoms with E-state index in [0.717, 1.165) is 11.1 Å². The summed E-state index contributed by atoms with van der Waals surface area (Å²) in [5, 5.41) is 6.68. The maximum absolute atomic E-state index is 14.5. The molecule has 42 heavy (non-hydrogen) atoms. The van der Waals surface area contributed by atoms with E-state index in [1.54, 1.807) is 10.8 Å². The summed E-state index contributed by atoms with van der Waals surface area (Å²) in [6.07, 6.45) is 2.94. The fraction of sp³-hybridized carbons (Fsp3) is 0.152. The van der Waals surface area contributed by atoms with Crippen LogP contribution in [-0.2, 0) is 0 Å². The van der Waals surface area contributed by atoms with Crippen molar-refractivity contribution in [3.63, 3.8) is 0 Å². The Labute approximate surface area is 248 Å². The predicted octanol–water partition coefficient (Wildman–Crippen LogP) is 6.66. The Kier molecular flexibility index (Phi) is 7.04. The van der Waals surface area contributed by atoms with E-state index in [4.69, 9.17) is 11.6 Å². The first kappa shape index (κ1) is 27.6. The molecular weight excluding hydrogens is 562 g/mol. The highest BCUT2D eigenvalue weighted by Crippen LogP contribution is 2.36. The standard InChI is InChI=1S/C33H30ClN5O2Si/c1-20(38-32-28-26(40)17-18-35-31(28)36-19-37-32)30-29(34)25-12-8-11-24(21-13-15-23(16-14-21)42(2,3)4)27(25)33(41)39(30)22-9-6-5-7-10-22/h5-20H,1-4H3,(H2,35,36,37,38,40)/t20-/m0/s1. The first-order chi connectivity index (χ1) is 20.1. The van der Waals surface area contributed by atoms with Gasteiger partial charge >= 0.3 is 0 Å². The molecule has 1 atom stereocenters. The Balaban J connectivity index is 1.58. The van der Waals surface area contributed by atoms with Crippen LogP contribution in [0.1, 0.15) is 18.7 Å². The minimum atomic E-state index is -1.48. The van der Waals surface area contributed by atoms with Gasteiger partial charge in [-0.05, 0) is 30.2 Å². The van der Waals surface area contributed by atoms with Gasteiger partial charge < -0.3 is 10.3 Å². The molecule has 0 unspecified atom stereocenters. The Morgan fingerprint density at radius 1 is 0.881 bits per heavy atom. The molecule has 2 N–H and O–H groups in total. The number of fused-ring (bicyclic) bond motifs is 2. The summed E-state index contributed by atoms with van der Waals surface area (Å²) in [6.45, 7) is 8.84. The van der Waals surface area contributed by atoms with Crippen LogP contribution in [0.2, 0.25) is 24.7 Å². The van der Waals surface area contributed by atoms with Crippen LogP contribution >= 0.6 is 11.6 Å². The van der Waals surface area contributed by atoms with E-state index < -0.39 is 14.1 Å². The Bertz CT molecular complexity index is 2060. The third kappa shape index (κ3) is 4.82. The molecule has 0 saturated heterocycles. The molecule has 9 heteroatoms. The average Bonchev–Trinajstić information content (AvgIpc) is 2.98. The zero-order valence-electron chi connectivity index (χ0n) is 23.8. The first-order valence-corrected chi connectivity index (χ1v) is 17.7. The van der Waals surface area contributed by atoms with Crippen LogP contribution in [0.4, 0.5) is 5.82 Å². The summed E-state index contributed by atoms with van der Waals surface area (Å²) in [5.74, 6) is 0.355. The molecule has 3 aromatic heterocycles. The zero-order chi connectivity index (χ0) is 29.6. The molecule has 3 heterocycles. The number of H-pyrrole nitrogens is 1. The van der Waals surface area contributed by atoms with Crippen molar-refractivity contribution in [1.82, 2.24) is 19.5 Å². The van der Waals surface area contributed by atoms with Crippen LogP contribution in [0.25, 0.3) is 38.6 Å². The Morgan fingerprint density at radius 3 is 2.33 bits per heavy atom. The highest BCUT2D eigenvalue weighted by Gasteiger charge is 2.24. The molecule has 3 aromatic carbocycles. The van der Waals surface area contributed by atoms with Crippen LogP contribution < -0.4 is 21.5 Å². The minimum Gasteiger partial charge on any atom is -0.361 e. The lowest BCUT2D eigenvalue weighted by atomic mass is 9.97. The lowest BCUT2D eigenvalue weighted by Crippen LogP contribution is -2.37. The second-order valence-electron chi connectivity index (χ2n) is 11.4. The number of halogens is 1. The lowest BCUT2D eigenvalue weighted by Gasteiger charge is -2.24. The van der Waals surface area contributed by atoms with Crippen molar-refractivity contribution in [3.05, 3.63) is 123 Å². The maximum atomic E-state index is 14.5. The molecule has 0 saturated carbocycles. The molecule has 0 radical (unpaired) electrons. The molecule has 0 aliphatic heterocycles. The number of benzene rings is 3. The minimum absolute atomic E-state index is 0.181. The topological polar surface area (TPSA) is 92.7 Å². The van der Waals surface area contributed by atoms with E-state index in [9.17, 15) is 9.59 Å². The Morgan fingerprint density at radius 2 is 1.62 bits per heavy atom. The second-order valence-corrected chi connectivity index (χ2v) is 16.8. The summed E-state index contributed by atoms with van der Waals surface area (Å²) in [6, 6.07) is 24.7. The van der Waals surface area contributed by atoms with E-state index >= 15 is 0 Å². The van der Waals surface area contributed by atoms with Crippen LogP contribution in [0.5, 0.6) is 0 Å². The molecule has 0 aliphatic rings. The normalized spacial score (nSPS) is 12.5. The first-order valence-electron chi connectivity index (χ1n) is 13.8. The van der Waals surface area contributed by atoms with Gasteiger partial charge in [-0.1, -0.05) is 97.1 Å². The van der Waals surface area contributed by atoms with Gasteiger partial charge in [0.15, 0.2) is 5.43 Å². The van der Waals surface area contributed by atoms with Gasteiger partial charge in [-0.2, -0.15) is 0 Å². The van der Waals surface area contributed by atoms with E-state index in [1.165, 1.54) is 17.6 Å². The van der Waals surface area contributed by atoms with Crippen LogP contribution in [0.15, 0.2) is 101 Å². The summed E-state index contributed by atoms with van der Waals surface area (Å²) in [4.78, 5) is 38.8. The third-order valence-electron chi connectivity index (χ3n) is 7.57. The quantitative estimate of drug-likeness (QED) is 0.211. The smallest absolute Gasteiger partial charge is 0.263 e. The summed E-state index contributed by atoms with van der Waals surface area (Å²) >= 11 is 7.23. The van der Waals surface area contributed by atoms with Gasteiger partial charge in [-0.3, -0.25) is 14.2 Å². The van der Waals surface area contributed by atoms with Gasteiger partial charge in [0.1, 0.15) is 23.2 Å². The number of pyridine rings is 2. The summed E-state index contributed by atoms with van der Waals surface area (Å²) in [7, 11) is -1.48. The van der Waals surface area contributed by atoms with E-state index in [0.29, 0.717) is 44.0 Å². The molecule has 6 rings (SSSR count). The monoisotopic (exact) mass is 591 g/mol. The van der Waals surface area contributed by atoms with Crippen LogP contribution in [0.3, 0.4) is 0 Å². The van der Waals surface area contributed by atoms with Crippen molar-refractivity contribution in [2.24, 2.45) is 0 Å². The SMILES string of the molecule is C[C@H](Nc1ncnc2[nH]ccc(=O)c12)c1c(Cl)c2cccc(-c3ccc([Si](C)(C)C)cc3)c2c(=O)n1-c1ccccc1. The van der Waals surface area contributed by atoms with Crippen molar-refractivity contribution < 1.29 is 0 Å². The van der Waals surface area contributed by atoms with Gasteiger partial charge in [0, 0.05) is 23.3 Å². The summed E-state index contributed by atoms with van der Waals surface area (Å²) < 4.78 is 1.66. The number of para-hydroxylation sites is 1. The van der Waals surface area contributed by atoms with Crippen molar-refractivity contribution in [2.75, 3.05) is 5.32 Å². The largest absolute Gasteiger partial charge is 0.361 e. The third-order valence-corrected chi connectivity index (χ3v) is 10.0. The molecule has 7 nitrogen and oxygen atoms in total. The molecule has 0 spiro atoms. The van der Waals surface area contributed by atoms with Crippen LogP contribution in [-0.4, -0.2) is 27.6 Å². The fourth-order valence-electron chi connectivity index (χ4n) is 5.42. The average molecular weight is 592 g/mol. The highest BCUT2D eigenvalue weighted by atomic mass is 35.5. The number of aromatic nitrogens is 4. The highest BCUT2D eigenvalue weighted by molar-refractivity contribution is 6.88. The fourth-order valence-corrected chi connectivity index (χ4v) is 6.99. The van der Waals surface area contributed by atoms with Gasteiger partial charge in [0.2, 0.25) is 0 Å². The predicted molar refractivity (Wildman–Crippen MR) is 175 cm³/mol. The number of anilines is 1. The number of rotatable bonds is 6. The second kappa shape index (κ2) is 10.7. The van der Waals surface area contributed by atoms with E-state index in [2.05, 4.69) is 64.2 Å². The number of aromatic amines is 1. The molecular formula is C33H30ClN5O2Si. The molecule has 6 aromatic rings. The van der Waals surface area contributed by atoms with Crippen molar-refractivity contribution in [3.8, 4) is 16.8 Å². The number of nitrogens with zero attached hydrogens (tertiary/aromatic N) is 3. The Hall–Kier alpha value is -4.53. The number of hydrogen-bond acceptors (Lipinski definition) is 5. The van der Waals surface area contributed by atoms with Gasteiger partial charge in [-0.25, -0.2) is 9.97 Å². The van der Waals surface area contributed by atoms with E-state index in [1.807, 2.05) is 55.5 Å². The zero-order valence-corrected chi connectivity index (χ0v) is 25.5. The number of nitrogens with one attached hydrogen (secondary N) is 2. The van der Waals surface area contributed by atoms with Crippen LogP contribution in [0, 0.1) is 0 Å². The lowest BCUT2D eigenvalue weighted by molar-refractivity contribution is 0.774. The molecule has 0 aliphatic carbocycles. The van der Waals surface area contributed by atoms with Gasteiger partial charge in [0.05, 0.1) is 30.2 Å². The van der Waals surface area contributed by atoms with Gasteiger partial charge in [0.25, 0.3) is 5.56 Å². The van der Waals surface area contributed by atoms with E-state index in [-0.39, 0.29) is 11.0 Å². The summed E-state index contributed by atoms with van der Waals surface area (Å²) in [5.41, 5.74) is 3.05. The van der Waals surface area contributed by atoms with Crippen molar-refractivity contribution in [2.45, 2.75) is 32.6 Å².